The Morgan fingerprint density at radius 1 is 1.00 bits per heavy atom. The Morgan fingerprint density at radius 3 is 2.47 bits per heavy atom. The van der Waals surface area contributed by atoms with Crippen LogP contribution >= 0.6 is 22.6 Å². The largest absolute Gasteiger partial charge is 0.449 e. The molecule has 0 amide bonds. The molecule has 0 saturated heterocycles. The SMILES string of the molecule is O=C1O[C@H](c2ccc(I)cc2)c2ccccc21. The van der Waals surface area contributed by atoms with E-state index in [1.54, 1.807) is 0 Å². The van der Waals surface area contributed by atoms with Crippen molar-refractivity contribution in [2.75, 3.05) is 0 Å². The number of hydrogen-bond acceptors (Lipinski definition) is 2. The van der Waals surface area contributed by atoms with Crippen molar-refractivity contribution in [1.29, 1.82) is 0 Å². The highest BCUT2D eigenvalue weighted by molar-refractivity contribution is 14.1. The summed E-state index contributed by atoms with van der Waals surface area (Å²) in [6.07, 6.45) is -0.254. The number of esters is 1. The average Bonchev–Trinajstić information content (AvgIpc) is 2.69. The zero-order chi connectivity index (χ0) is 11.8. The van der Waals surface area contributed by atoms with E-state index in [9.17, 15) is 4.79 Å². The van der Waals surface area contributed by atoms with Crippen LogP contribution in [0.3, 0.4) is 0 Å². The fourth-order valence-electron chi connectivity index (χ4n) is 2.03. The van der Waals surface area contributed by atoms with E-state index in [2.05, 4.69) is 22.6 Å². The Kier molecular flexibility index (Phi) is 2.63. The summed E-state index contributed by atoms with van der Waals surface area (Å²) in [6.45, 7) is 0. The highest BCUT2D eigenvalue weighted by Gasteiger charge is 2.31. The summed E-state index contributed by atoms with van der Waals surface area (Å²) < 4.78 is 6.59. The molecule has 3 heteroatoms. The standard InChI is InChI=1S/C14H9IO2/c15-10-7-5-9(6-8-10)13-11-3-1-2-4-12(11)14(16)17-13/h1-8,13H/t13-/m1/s1. The first kappa shape index (κ1) is 10.8. The minimum Gasteiger partial charge on any atom is -0.449 e. The molecule has 0 aromatic heterocycles. The number of fused-ring (bicyclic) bond motifs is 1. The third-order valence-corrected chi connectivity index (χ3v) is 3.58. The quantitative estimate of drug-likeness (QED) is 0.588. The van der Waals surface area contributed by atoms with Crippen molar-refractivity contribution in [2.24, 2.45) is 0 Å². The zero-order valence-electron chi connectivity index (χ0n) is 8.89. The number of ether oxygens (including phenoxy) is 1. The van der Waals surface area contributed by atoms with Crippen LogP contribution in [0.2, 0.25) is 0 Å². The molecule has 84 valence electrons. The molecular weight excluding hydrogens is 327 g/mol. The van der Waals surface area contributed by atoms with Gasteiger partial charge in [0.05, 0.1) is 5.56 Å². The van der Waals surface area contributed by atoms with E-state index >= 15 is 0 Å². The fourth-order valence-corrected chi connectivity index (χ4v) is 2.39. The van der Waals surface area contributed by atoms with Gasteiger partial charge in [-0.25, -0.2) is 4.79 Å². The summed E-state index contributed by atoms with van der Waals surface area (Å²) in [5.41, 5.74) is 2.65. The molecular formula is C14H9IO2. The number of benzene rings is 2. The molecule has 1 heterocycles. The van der Waals surface area contributed by atoms with Crippen molar-refractivity contribution in [1.82, 2.24) is 0 Å². The Bertz CT molecular complexity index is 575. The maximum atomic E-state index is 11.7. The van der Waals surface area contributed by atoms with Gasteiger partial charge in [-0.05, 0) is 46.4 Å². The van der Waals surface area contributed by atoms with Gasteiger partial charge in [-0.3, -0.25) is 0 Å². The lowest BCUT2D eigenvalue weighted by atomic mass is 9.99. The number of carbonyl (C=O) groups excluding carboxylic acids is 1. The van der Waals surface area contributed by atoms with Gasteiger partial charge in [-0.2, -0.15) is 0 Å². The van der Waals surface area contributed by atoms with Crippen LogP contribution in [-0.2, 0) is 4.74 Å². The van der Waals surface area contributed by atoms with Crippen LogP contribution in [0, 0.1) is 3.57 Å². The second-order valence-corrected chi connectivity index (χ2v) is 5.17. The average molecular weight is 336 g/mol. The normalized spacial score (nSPS) is 17.7. The van der Waals surface area contributed by atoms with Crippen molar-refractivity contribution in [3.05, 3.63) is 68.8 Å². The van der Waals surface area contributed by atoms with Gasteiger partial charge in [0, 0.05) is 9.13 Å². The van der Waals surface area contributed by atoms with Gasteiger partial charge in [0.1, 0.15) is 0 Å². The van der Waals surface area contributed by atoms with Crippen molar-refractivity contribution < 1.29 is 9.53 Å². The number of carbonyl (C=O) groups is 1. The summed E-state index contributed by atoms with van der Waals surface area (Å²) in [6, 6.07) is 15.6. The second kappa shape index (κ2) is 4.14. The predicted octanol–water partition coefficient (Wildman–Crippen LogP) is 3.55. The van der Waals surface area contributed by atoms with E-state index in [1.165, 1.54) is 3.57 Å². The minimum absolute atomic E-state index is 0.232. The third-order valence-electron chi connectivity index (χ3n) is 2.86. The van der Waals surface area contributed by atoms with E-state index < -0.39 is 0 Å². The molecule has 2 aromatic carbocycles. The summed E-state index contributed by atoms with van der Waals surface area (Å²) in [4.78, 5) is 11.7. The van der Waals surface area contributed by atoms with Crippen LogP contribution in [0.1, 0.15) is 27.6 Å². The highest BCUT2D eigenvalue weighted by Crippen LogP contribution is 2.35. The molecule has 0 fully saturated rings. The monoisotopic (exact) mass is 336 g/mol. The minimum atomic E-state index is -0.254. The lowest BCUT2D eigenvalue weighted by Gasteiger charge is -2.10. The molecule has 0 bridgehead atoms. The van der Waals surface area contributed by atoms with Gasteiger partial charge in [0.2, 0.25) is 0 Å². The van der Waals surface area contributed by atoms with Crippen molar-refractivity contribution in [2.45, 2.75) is 6.10 Å². The second-order valence-electron chi connectivity index (χ2n) is 3.92. The molecule has 3 rings (SSSR count). The first-order valence-corrected chi connectivity index (χ1v) is 6.39. The molecule has 17 heavy (non-hydrogen) atoms. The van der Waals surface area contributed by atoms with Gasteiger partial charge in [-0.1, -0.05) is 30.3 Å². The molecule has 1 aliphatic heterocycles. The lowest BCUT2D eigenvalue weighted by molar-refractivity contribution is 0.0456. The van der Waals surface area contributed by atoms with Crippen LogP contribution in [0.15, 0.2) is 48.5 Å². The molecule has 2 nitrogen and oxygen atoms in total. The molecule has 1 atom stereocenters. The lowest BCUT2D eigenvalue weighted by Crippen LogP contribution is -2.00. The van der Waals surface area contributed by atoms with Gasteiger partial charge >= 0.3 is 5.97 Å². The summed E-state index contributed by atoms with van der Waals surface area (Å²) in [7, 11) is 0. The van der Waals surface area contributed by atoms with Crippen molar-refractivity contribution >= 4 is 28.6 Å². The van der Waals surface area contributed by atoms with E-state index in [0.29, 0.717) is 5.56 Å². The molecule has 0 spiro atoms. The molecule has 1 aliphatic rings. The maximum absolute atomic E-state index is 11.7. The Hall–Kier alpha value is -1.36. The van der Waals surface area contributed by atoms with Gasteiger partial charge in [0.15, 0.2) is 6.10 Å². The topological polar surface area (TPSA) is 26.3 Å². The van der Waals surface area contributed by atoms with E-state index in [-0.39, 0.29) is 12.1 Å². The predicted molar refractivity (Wildman–Crippen MR) is 72.9 cm³/mol. The Morgan fingerprint density at radius 2 is 1.71 bits per heavy atom. The number of hydrogen-bond donors (Lipinski definition) is 0. The van der Waals surface area contributed by atoms with Crippen LogP contribution in [0.25, 0.3) is 0 Å². The third kappa shape index (κ3) is 1.84. The van der Waals surface area contributed by atoms with E-state index in [4.69, 9.17) is 4.74 Å². The summed E-state index contributed by atoms with van der Waals surface area (Å²) in [5.74, 6) is -0.232. The van der Waals surface area contributed by atoms with Crippen LogP contribution in [0.4, 0.5) is 0 Å². The number of cyclic esters (lactones) is 1. The molecule has 0 N–H and O–H groups in total. The van der Waals surface area contributed by atoms with E-state index in [0.717, 1.165) is 11.1 Å². The zero-order valence-corrected chi connectivity index (χ0v) is 11.0. The van der Waals surface area contributed by atoms with Crippen LogP contribution in [0.5, 0.6) is 0 Å². The summed E-state index contributed by atoms with van der Waals surface area (Å²) >= 11 is 2.26. The smallest absolute Gasteiger partial charge is 0.339 e. The molecule has 0 saturated carbocycles. The number of rotatable bonds is 1. The molecule has 2 aromatic rings. The van der Waals surface area contributed by atoms with Gasteiger partial charge < -0.3 is 4.74 Å². The van der Waals surface area contributed by atoms with Crippen LogP contribution < -0.4 is 0 Å². The fraction of sp³-hybridized carbons (Fsp3) is 0.0714. The molecule has 0 radical (unpaired) electrons. The Labute approximate surface area is 113 Å². The first-order valence-electron chi connectivity index (χ1n) is 5.31. The first-order chi connectivity index (χ1) is 8.25. The van der Waals surface area contributed by atoms with Crippen LogP contribution in [-0.4, -0.2) is 5.97 Å². The Balaban J connectivity index is 2.07. The molecule has 0 unspecified atom stereocenters. The highest BCUT2D eigenvalue weighted by atomic mass is 127. The van der Waals surface area contributed by atoms with Gasteiger partial charge in [0.25, 0.3) is 0 Å². The maximum Gasteiger partial charge on any atom is 0.339 e. The summed E-state index contributed by atoms with van der Waals surface area (Å²) in [5, 5.41) is 0. The number of halogens is 1. The van der Waals surface area contributed by atoms with E-state index in [1.807, 2.05) is 48.5 Å². The van der Waals surface area contributed by atoms with Crippen molar-refractivity contribution in [3.8, 4) is 0 Å². The van der Waals surface area contributed by atoms with Crippen molar-refractivity contribution in [3.63, 3.8) is 0 Å². The molecule has 0 aliphatic carbocycles. The van der Waals surface area contributed by atoms with Gasteiger partial charge in [-0.15, -0.1) is 0 Å².